The van der Waals surface area contributed by atoms with E-state index < -0.39 is 17.2 Å². The summed E-state index contributed by atoms with van der Waals surface area (Å²) in [5, 5.41) is 5.60. The highest BCUT2D eigenvalue weighted by Crippen LogP contribution is 2.32. The molecule has 0 spiro atoms. The number of rotatable bonds is 6. The van der Waals surface area contributed by atoms with Crippen molar-refractivity contribution in [3.05, 3.63) is 58.4 Å². The van der Waals surface area contributed by atoms with Crippen LogP contribution in [0.1, 0.15) is 45.1 Å². The molecule has 1 N–H and O–H groups in total. The maximum Gasteiger partial charge on any atom is 0.336 e. The van der Waals surface area contributed by atoms with Gasteiger partial charge in [0.2, 0.25) is 0 Å². The van der Waals surface area contributed by atoms with E-state index in [-0.39, 0.29) is 12.5 Å². The van der Waals surface area contributed by atoms with Gasteiger partial charge in [-0.05, 0) is 35.2 Å². The molecule has 0 bridgehead atoms. The normalized spacial score (nSPS) is 16.0. The van der Waals surface area contributed by atoms with Gasteiger partial charge in [-0.1, -0.05) is 57.0 Å². The Morgan fingerprint density at radius 2 is 1.72 bits per heavy atom. The number of urea groups is 1. The summed E-state index contributed by atoms with van der Waals surface area (Å²) in [6, 6.07) is 12.4. The van der Waals surface area contributed by atoms with E-state index in [1.54, 1.807) is 6.07 Å². The first-order valence-electron chi connectivity index (χ1n) is 10.1. The lowest BCUT2D eigenvalue weighted by molar-refractivity contribution is -0.132. The molecule has 3 amide bonds. The first-order valence-corrected chi connectivity index (χ1v) is 10.1. The van der Waals surface area contributed by atoms with Crippen molar-refractivity contribution >= 4 is 33.7 Å². The summed E-state index contributed by atoms with van der Waals surface area (Å²) in [7, 11) is 0. The van der Waals surface area contributed by atoms with E-state index >= 15 is 0 Å². The molecule has 4 rings (SSSR count). The van der Waals surface area contributed by atoms with Crippen molar-refractivity contribution in [3.63, 3.8) is 0 Å². The number of carbonyl (C=O) groups is 2. The Morgan fingerprint density at radius 1 is 1.00 bits per heavy atom. The molecule has 0 aliphatic carbocycles. The summed E-state index contributed by atoms with van der Waals surface area (Å²) < 4.78 is 5.39. The first kappa shape index (κ1) is 19.2. The summed E-state index contributed by atoms with van der Waals surface area (Å²) in [6.07, 6.45) is 2.79. The SMILES string of the molecule is CCCC1(CCC)NC(=O)N(Cc2cc(=O)oc3ccc4ccccc4c23)C1=O. The second kappa shape index (κ2) is 7.35. The van der Waals surface area contributed by atoms with Crippen LogP contribution in [-0.2, 0) is 11.3 Å². The van der Waals surface area contributed by atoms with Gasteiger partial charge in [0, 0.05) is 11.5 Å². The molecule has 6 heteroatoms. The molecule has 1 saturated heterocycles. The van der Waals surface area contributed by atoms with Gasteiger partial charge in [0.15, 0.2) is 0 Å². The van der Waals surface area contributed by atoms with Crippen LogP contribution in [0, 0.1) is 0 Å². The van der Waals surface area contributed by atoms with Gasteiger partial charge < -0.3 is 9.73 Å². The molecule has 0 unspecified atom stereocenters. The smallest absolute Gasteiger partial charge is 0.336 e. The van der Waals surface area contributed by atoms with Gasteiger partial charge in [0.05, 0.1) is 6.54 Å². The van der Waals surface area contributed by atoms with Crippen molar-refractivity contribution in [3.8, 4) is 0 Å². The van der Waals surface area contributed by atoms with Gasteiger partial charge >= 0.3 is 11.7 Å². The maximum atomic E-state index is 13.2. The van der Waals surface area contributed by atoms with Crippen LogP contribution < -0.4 is 10.9 Å². The Bertz CT molecular complexity index is 1160. The van der Waals surface area contributed by atoms with Gasteiger partial charge in [-0.3, -0.25) is 9.69 Å². The molecular formula is C23H24N2O4. The van der Waals surface area contributed by atoms with Gasteiger partial charge in [-0.2, -0.15) is 0 Å². The number of hydrogen-bond acceptors (Lipinski definition) is 4. The van der Waals surface area contributed by atoms with Crippen LogP contribution in [0.15, 0.2) is 51.7 Å². The molecule has 0 radical (unpaired) electrons. The zero-order chi connectivity index (χ0) is 20.6. The van der Waals surface area contributed by atoms with Gasteiger partial charge in [0.1, 0.15) is 11.1 Å². The molecule has 150 valence electrons. The fraction of sp³-hybridized carbons (Fsp3) is 0.348. The molecule has 6 nitrogen and oxygen atoms in total. The minimum absolute atomic E-state index is 0.0377. The van der Waals surface area contributed by atoms with Crippen LogP contribution in [0.25, 0.3) is 21.7 Å². The predicted octanol–water partition coefficient (Wildman–Crippen LogP) is 4.34. The third-order valence-electron chi connectivity index (χ3n) is 5.64. The fourth-order valence-corrected chi connectivity index (χ4v) is 4.45. The molecule has 1 fully saturated rings. The van der Waals surface area contributed by atoms with E-state index in [4.69, 9.17) is 4.42 Å². The molecule has 1 aromatic heterocycles. The Labute approximate surface area is 168 Å². The topological polar surface area (TPSA) is 79.6 Å². The molecule has 0 atom stereocenters. The second-order valence-corrected chi connectivity index (χ2v) is 7.65. The van der Waals surface area contributed by atoms with Gasteiger partial charge in [-0.25, -0.2) is 9.59 Å². The minimum atomic E-state index is -0.849. The van der Waals surface area contributed by atoms with Crippen molar-refractivity contribution in [2.45, 2.75) is 51.6 Å². The van der Waals surface area contributed by atoms with Crippen molar-refractivity contribution in [2.75, 3.05) is 0 Å². The largest absolute Gasteiger partial charge is 0.423 e. The predicted molar refractivity (Wildman–Crippen MR) is 112 cm³/mol. The van der Waals surface area contributed by atoms with Gasteiger partial charge in [0.25, 0.3) is 5.91 Å². The quantitative estimate of drug-likeness (QED) is 0.384. The molecule has 1 aliphatic rings. The average molecular weight is 392 g/mol. The van der Waals surface area contributed by atoms with Crippen LogP contribution in [0.2, 0.25) is 0 Å². The molecule has 1 aliphatic heterocycles. The van der Waals surface area contributed by atoms with Crippen LogP contribution in [-0.4, -0.2) is 22.4 Å². The number of hydrogen-bond donors (Lipinski definition) is 1. The first-order chi connectivity index (χ1) is 14.0. The number of carbonyl (C=O) groups excluding carboxylic acids is 2. The monoisotopic (exact) mass is 392 g/mol. The molecule has 0 saturated carbocycles. The lowest BCUT2D eigenvalue weighted by Gasteiger charge is -2.25. The maximum absolute atomic E-state index is 13.2. The van der Waals surface area contributed by atoms with E-state index in [9.17, 15) is 14.4 Å². The highest BCUT2D eigenvalue weighted by Gasteiger charge is 2.49. The van der Waals surface area contributed by atoms with E-state index in [1.165, 1.54) is 11.0 Å². The summed E-state index contributed by atoms with van der Waals surface area (Å²) in [5.74, 6) is -0.215. The van der Waals surface area contributed by atoms with E-state index in [2.05, 4.69) is 5.32 Å². The van der Waals surface area contributed by atoms with Crippen molar-refractivity contribution in [2.24, 2.45) is 0 Å². The highest BCUT2D eigenvalue weighted by molar-refractivity contribution is 6.09. The summed E-state index contributed by atoms with van der Waals surface area (Å²) in [6.45, 7) is 4.04. The second-order valence-electron chi connectivity index (χ2n) is 7.65. The Hall–Kier alpha value is -3.15. The lowest BCUT2D eigenvalue weighted by Crippen LogP contribution is -2.46. The highest BCUT2D eigenvalue weighted by atomic mass is 16.4. The van der Waals surface area contributed by atoms with Crippen molar-refractivity contribution in [1.82, 2.24) is 10.2 Å². The number of nitrogens with zero attached hydrogens (tertiary/aromatic N) is 1. The van der Waals surface area contributed by atoms with Crippen molar-refractivity contribution in [1.29, 1.82) is 0 Å². The molecular weight excluding hydrogens is 368 g/mol. The molecule has 3 aromatic rings. The Kier molecular flexibility index (Phi) is 4.86. The third kappa shape index (κ3) is 3.18. The molecule has 2 aromatic carbocycles. The number of fused-ring (bicyclic) bond motifs is 3. The summed E-state index contributed by atoms with van der Waals surface area (Å²) in [4.78, 5) is 39.4. The number of amides is 3. The fourth-order valence-electron chi connectivity index (χ4n) is 4.45. The summed E-state index contributed by atoms with van der Waals surface area (Å²) in [5.41, 5.74) is -0.284. The number of nitrogens with one attached hydrogen (secondary N) is 1. The Balaban J connectivity index is 1.82. The lowest BCUT2D eigenvalue weighted by atomic mass is 9.88. The molecule has 2 heterocycles. The van der Waals surface area contributed by atoms with E-state index in [1.807, 2.05) is 44.2 Å². The summed E-state index contributed by atoms with van der Waals surface area (Å²) >= 11 is 0. The van der Waals surface area contributed by atoms with Gasteiger partial charge in [-0.15, -0.1) is 0 Å². The standard InChI is InChI=1S/C23H24N2O4/c1-3-11-23(12-4-2)21(27)25(22(28)24-23)14-16-13-19(26)29-18-10-9-15-7-5-6-8-17(15)20(16)18/h5-10,13H,3-4,11-12,14H2,1-2H3,(H,24,28). The van der Waals surface area contributed by atoms with E-state index in [0.29, 0.717) is 24.0 Å². The zero-order valence-corrected chi connectivity index (χ0v) is 16.7. The van der Waals surface area contributed by atoms with Crippen LogP contribution in [0.4, 0.5) is 4.79 Å². The molecule has 29 heavy (non-hydrogen) atoms. The minimum Gasteiger partial charge on any atom is -0.423 e. The third-order valence-corrected chi connectivity index (χ3v) is 5.64. The van der Waals surface area contributed by atoms with E-state index in [0.717, 1.165) is 29.0 Å². The number of imide groups is 1. The van der Waals surface area contributed by atoms with Crippen LogP contribution in [0.5, 0.6) is 0 Å². The number of benzene rings is 2. The van der Waals surface area contributed by atoms with Crippen LogP contribution in [0.3, 0.4) is 0 Å². The average Bonchev–Trinajstić information content (AvgIpc) is 2.92. The van der Waals surface area contributed by atoms with Crippen molar-refractivity contribution < 1.29 is 14.0 Å². The Morgan fingerprint density at radius 3 is 2.45 bits per heavy atom. The zero-order valence-electron chi connectivity index (χ0n) is 16.7. The van der Waals surface area contributed by atoms with Crippen LogP contribution >= 0.6 is 0 Å².